The standard InChI is InChI=1S/C10H20BrNO3S/c1-9(2)12(6-5-11)16(13,14)8-10-4-3-7-15-10/h9-10H,3-8H2,1-2H3. The molecule has 1 heterocycles. The number of hydrogen-bond donors (Lipinski definition) is 0. The molecule has 6 heteroatoms. The minimum absolute atomic E-state index is 0.00366. The van der Waals surface area contributed by atoms with Crippen LogP contribution in [0.25, 0.3) is 0 Å². The van der Waals surface area contributed by atoms with Gasteiger partial charge in [-0.05, 0) is 26.7 Å². The fourth-order valence-electron chi connectivity index (χ4n) is 1.91. The summed E-state index contributed by atoms with van der Waals surface area (Å²) in [5, 5.41) is 0.663. The third-order valence-electron chi connectivity index (χ3n) is 2.66. The molecule has 16 heavy (non-hydrogen) atoms. The highest BCUT2D eigenvalue weighted by atomic mass is 79.9. The minimum atomic E-state index is -3.19. The van der Waals surface area contributed by atoms with Gasteiger partial charge in [0.15, 0.2) is 0 Å². The number of rotatable bonds is 6. The maximum Gasteiger partial charge on any atom is 0.216 e. The summed E-state index contributed by atoms with van der Waals surface area (Å²) >= 11 is 3.29. The van der Waals surface area contributed by atoms with E-state index in [4.69, 9.17) is 4.74 Å². The number of sulfonamides is 1. The van der Waals surface area contributed by atoms with E-state index < -0.39 is 10.0 Å². The summed E-state index contributed by atoms with van der Waals surface area (Å²) in [6, 6.07) is 0.00366. The molecule has 4 nitrogen and oxygen atoms in total. The molecule has 1 aliphatic rings. The zero-order valence-corrected chi connectivity index (χ0v) is 12.3. The van der Waals surface area contributed by atoms with E-state index in [1.165, 1.54) is 0 Å². The topological polar surface area (TPSA) is 46.6 Å². The largest absolute Gasteiger partial charge is 0.377 e. The van der Waals surface area contributed by atoms with Crippen LogP contribution in [0.1, 0.15) is 26.7 Å². The second kappa shape index (κ2) is 6.33. The van der Waals surface area contributed by atoms with Gasteiger partial charge in [0.05, 0.1) is 11.9 Å². The summed E-state index contributed by atoms with van der Waals surface area (Å²) < 4.78 is 31.2. The number of alkyl halides is 1. The maximum absolute atomic E-state index is 12.1. The maximum atomic E-state index is 12.1. The molecule has 1 saturated heterocycles. The van der Waals surface area contributed by atoms with Crippen LogP contribution in [0.15, 0.2) is 0 Å². The van der Waals surface area contributed by atoms with Crippen molar-refractivity contribution >= 4 is 26.0 Å². The highest BCUT2D eigenvalue weighted by Gasteiger charge is 2.29. The molecule has 1 unspecified atom stereocenters. The van der Waals surface area contributed by atoms with Gasteiger partial charge in [-0.2, -0.15) is 4.31 Å². The van der Waals surface area contributed by atoms with E-state index in [-0.39, 0.29) is 17.9 Å². The average molecular weight is 314 g/mol. The lowest BCUT2D eigenvalue weighted by Crippen LogP contribution is -2.42. The summed E-state index contributed by atoms with van der Waals surface area (Å²) in [7, 11) is -3.19. The Hall–Kier alpha value is 0.350. The summed E-state index contributed by atoms with van der Waals surface area (Å²) in [6.07, 6.45) is 1.72. The Labute approximate surface area is 107 Å². The normalized spacial score (nSPS) is 22.2. The van der Waals surface area contributed by atoms with Gasteiger partial charge in [0.1, 0.15) is 0 Å². The fraction of sp³-hybridized carbons (Fsp3) is 1.00. The van der Waals surface area contributed by atoms with Crippen LogP contribution < -0.4 is 0 Å². The molecule has 0 aromatic heterocycles. The minimum Gasteiger partial charge on any atom is -0.377 e. The van der Waals surface area contributed by atoms with Crippen molar-refractivity contribution in [2.45, 2.75) is 38.8 Å². The molecule has 1 atom stereocenters. The second-order valence-corrected chi connectivity index (χ2v) is 7.07. The predicted molar refractivity (Wildman–Crippen MR) is 68.4 cm³/mol. The molecular weight excluding hydrogens is 294 g/mol. The average Bonchev–Trinajstić information content (AvgIpc) is 2.65. The van der Waals surface area contributed by atoms with E-state index in [1.807, 2.05) is 13.8 Å². The Morgan fingerprint density at radius 3 is 2.62 bits per heavy atom. The van der Waals surface area contributed by atoms with Gasteiger partial charge in [-0.25, -0.2) is 8.42 Å². The predicted octanol–water partition coefficient (Wildman–Crippen LogP) is 1.60. The third-order valence-corrected chi connectivity index (χ3v) is 5.13. The zero-order chi connectivity index (χ0) is 12.2. The van der Waals surface area contributed by atoms with Gasteiger partial charge < -0.3 is 4.74 Å². The Kier molecular flexibility index (Phi) is 5.70. The lowest BCUT2D eigenvalue weighted by atomic mass is 10.3. The molecular formula is C10H20BrNO3S. The van der Waals surface area contributed by atoms with Gasteiger partial charge in [0.25, 0.3) is 0 Å². The van der Waals surface area contributed by atoms with E-state index in [9.17, 15) is 8.42 Å². The molecule has 0 spiro atoms. The molecule has 0 saturated carbocycles. The molecule has 0 amide bonds. The molecule has 96 valence electrons. The van der Waals surface area contributed by atoms with E-state index in [2.05, 4.69) is 15.9 Å². The van der Waals surface area contributed by atoms with E-state index >= 15 is 0 Å². The first-order valence-electron chi connectivity index (χ1n) is 5.64. The Morgan fingerprint density at radius 1 is 1.50 bits per heavy atom. The first-order valence-corrected chi connectivity index (χ1v) is 8.37. The Bertz CT molecular complexity index is 299. The van der Waals surface area contributed by atoms with Crippen molar-refractivity contribution in [1.82, 2.24) is 4.31 Å². The quantitative estimate of drug-likeness (QED) is 0.700. The number of halogens is 1. The number of hydrogen-bond acceptors (Lipinski definition) is 3. The molecule has 1 rings (SSSR count). The summed E-state index contributed by atoms with van der Waals surface area (Å²) in [5.41, 5.74) is 0. The van der Waals surface area contributed by atoms with Crippen LogP contribution >= 0.6 is 15.9 Å². The van der Waals surface area contributed by atoms with Crippen LogP contribution in [0.3, 0.4) is 0 Å². The molecule has 0 aromatic carbocycles. The number of nitrogens with zero attached hydrogens (tertiary/aromatic N) is 1. The van der Waals surface area contributed by atoms with Gasteiger partial charge in [-0.3, -0.25) is 0 Å². The highest BCUT2D eigenvalue weighted by Crippen LogP contribution is 2.17. The molecule has 0 bridgehead atoms. The zero-order valence-electron chi connectivity index (χ0n) is 9.86. The molecule has 1 fully saturated rings. The lowest BCUT2D eigenvalue weighted by molar-refractivity contribution is 0.126. The Morgan fingerprint density at radius 2 is 2.19 bits per heavy atom. The van der Waals surface area contributed by atoms with E-state index in [1.54, 1.807) is 4.31 Å². The first-order chi connectivity index (χ1) is 7.47. The van der Waals surface area contributed by atoms with E-state index in [0.717, 1.165) is 12.8 Å². The summed E-state index contributed by atoms with van der Waals surface area (Å²) in [5.74, 6) is 0.123. The van der Waals surface area contributed by atoms with Gasteiger partial charge >= 0.3 is 0 Å². The molecule has 0 N–H and O–H groups in total. The monoisotopic (exact) mass is 313 g/mol. The molecule has 1 aliphatic heterocycles. The van der Waals surface area contributed by atoms with Crippen LogP contribution in [0.2, 0.25) is 0 Å². The Balaban J connectivity index is 2.64. The second-order valence-electron chi connectivity index (χ2n) is 4.31. The fourth-order valence-corrected chi connectivity index (χ4v) is 4.46. The summed E-state index contributed by atoms with van der Waals surface area (Å²) in [6.45, 7) is 5.01. The van der Waals surface area contributed by atoms with E-state index in [0.29, 0.717) is 18.5 Å². The molecule has 0 aromatic rings. The smallest absolute Gasteiger partial charge is 0.216 e. The van der Waals surface area contributed by atoms with Crippen molar-refractivity contribution in [2.75, 3.05) is 24.2 Å². The van der Waals surface area contributed by atoms with Gasteiger partial charge in [0.2, 0.25) is 10.0 Å². The lowest BCUT2D eigenvalue weighted by Gasteiger charge is -2.26. The van der Waals surface area contributed by atoms with Crippen molar-refractivity contribution in [3.05, 3.63) is 0 Å². The summed E-state index contributed by atoms with van der Waals surface area (Å²) in [4.78, 5) is 0. The SMILES string of the molecule is CC(C)N(CCBr)S(=O)(=O)CC1CCCO1. The number of ether oxygens (including phenoxy) is 1. The van der Waals surface area contributed by atoms with Crippen molar-refractivity contribution < 1.29 is 13.2 Å². The van der Waals surface area contributed by atoms with Crippen molar-refractivity contribution in [2.24, 2.45) is 0 Å². The first kappa shape index (κ1) is 14.4. The van der Waals surface area contributed by atoms with Crippen molar-refractivity contribution in [3.8, 4) is 0 Å². The van der Waals surface area contributed by atoms with Crippen molar-refractivity contribution in [3.63, 3.8) is 0 Å². The molecule has 0 radical (unpaired) electrons. The molecule has 0 aliphatic carbocycles. The van der Waals surface area contributed by atoms with Crippen LogP contribution in [0.5, 0.6) is 0 Å². The van der Waals surface area contributed by atoms with Gasteiger partial charge in [0, 0.05) is 24.5 Å². The third kappa shape index (κ3) is 3.98. The van der Waals surface area contributed by atoms with Crippen molar-refractivity contribution in [1.29, 1.82) is 0 Å². The van der Waals surface area contributed by atoms with Crippen LogP contribution in [0, 0.1) is 0 Å². The highest BCUT2D eigenvalue weighted by molar-refractivity contribution is 9.09. The van der Waals surface area contributed by atoms with Crippen LogP contribution in [-0.2, 0) is 14.8 Å². The van der Waals surface area contributed by atoms with Crippen LogP contribution in [0.4, 0.5) is 0 Å². The van der Waals surface area contributed by atoms with Crippen LogP contribution in [-0.4, -0.2) is 49.1 Å². The van der Waals surface area contributed by atoms with Gasteiger partial charge in [-0.1, -0.05) is 15.9 Å². The van der Waals surface area contributed by atoms with Gasteiger partial charge in [-0.15, -0.1) is 0 Å².